The first-order valence-electron chi connectivity index (χ1n) is 6.48. The molecule has 2 rings (SSSR count). The maximum atomic E-state index is 5.99. The third-order valence-electron chi connectivity index (χ3n) is 3.87. The Morgan fingerprint density at radius 1 is 1.53 bits per heavy atom. The molecule has 4 heteroatoms. The Morgan fingerprint density at radius 3 is 2.65 bits per heavy atom. The molecule has 0 spiro atoms. The summed E-state index contributed by atoms with van der Waals surface area (Å²) in [5.74, 6) is 0.774. The molecule has 1 saturated heterocycles. The van der Waals surface area contributed by atoms with E-state index in [2.05, 4.69) is 37.0 Å². The number of rotatable bonds is 3. The van der Waals surface area contributed by atoms with Crippen molar-refractivity contribution in [2.75, 3.05) is 13.1 Å². The molecule has 0 saturated carbocycles. The zero-order valence-corrected chi connectivity index (χ0v) is 11.3. The Labute approximate surface area is 104 Å². The lowest BCUT2D eigenvalue weighted by Gasteiger charge is -2.30. The number of hydrogen-bond donors (Lipinski definition) is 1. The average molecular weight is 236 g/mol. The molecule has 4 nitrogen and oxygen atoms in total. The summed E-state index contributed by atoms with van der Waals surface area (Å²) in [5.41, 5.74) is 8.39. The van der Waals surface area contributed by atoms with Crippen LogP contribution in [-0.2, 0) is 7.05 Å². The quantitative estimate of drug-likeness (QED) is 0.864. The van der Waals surface area contributed by atoms with Gasteiger partial charge in [-0.1, -0.05) is 6.92 Å². The van der Waals surface area contributed by atoms with E-state index in [9.17, 15) is 0 Å². The molecular formula is C13H24N4. The first kappa shape index (κ1) is 12.6. The predicted octanol–water partition coefficient (Wildman–Crippen LogP) is 1.46. The third-order valence-corrected chi connectivity index (χ3v) is 3.87. The summed E-state index contributed by atoms with van der Waals surface area (Å²) in [4.78, 5) is 2.54. The van der Waals surface area contributed by atoms with Crippen molar-refractivity contribution in [3.63, 3.8) is 0 Å². The van der Waals surface area contributed by atoms with Gasteiger partial charge in [0.25, 0.3) is 0 Å². The molecule has 1 aliphatic rings. The maximum Gasteiger partial charge on any atom is 0.0641 e. The lowest BCUT2D eigenvalue weighted by Crippen LogP contribution is -2.36. The minimum absolute atomic E-state index is 0.323. The summed E-state index contributed by atoms with van der Waals surface area (Å²) in [7, 11) is 1.97. The van der Waals surface area contributed by atoms with Gasteiger partial charge in [-0.3, -0.25) is 9.58 Å². The molecule has 3 atom stereocenters. The molecule has 0 radical (unpaired) electrons. The van der Waals surface area contributed by atoms with Crippen LogP contribution in [0, 0.1) is 12.8 Å². The summed E-state index contributed by atoms with van der Waals surface area (Å²) in [6.07, 6.45) is 3.39. The van der Waals surface area contributed by atoms with Crippen molar-refractivity contribution >= 4 is 0 Å². The molecule has 3 unspecified atom stereocenters. The number of hydrogen-bond acceptors (Lipinski definition) is 3. The topological polar surface area (TPSA) is 47.1 Å². The van der Waals surface area contributed by atoms with Gasteiger partial charge < -0.3 is 5.73 Å². The molecule has 1 fully saturated rings. The Morgan fingerprint density at radius 2 is 2.24 bits per heavy atom. The average Bonchev–Trinajstić information content (AvgIpc) is 2.73. The van der Waals surface area contributed by atoms with Crippen molar-refractivity contribution in [1.29, 1.82) is 0 Å². The van der Waals surface area contributed by atoms with Crippen LogP contribution in [0.25, 0.3) is 0 Å². The first-order valence-corrected chi connectivity index (χ1v) is 6.48. The highest BCUT2D eigenvalue weighted by molar-refractivity contribution is 5.21. The Kier molecular flexibility index (Phi) is 3.54. The second-order valence-corrected chi connectivity index (χ2v) is 5.48. The van der Waals surface area contributed by atoms with Gasteiger partial charge in [-0.25, -0.2) is 0 Å². The lowest BCUT2D eigenvalue weighted by atomic mass is 10.1. The highest BCUT2D eigenvalue weighted by Gasteiger charge is 2.33. The Hall–Kier alpha value is -0.870. The molecule has 1 aliphatic heterocycles. The van der Waals surface area contributed by atoms with E-state index in [0.29, 0.717) is 18.6 Å². The number of likely N-dealkylation sites (tertiary alicyclic amines) is 1. The van der Waals surface area contributed by atoms with E-state index in [1.807, 2.05) is 11.7 Å². The van der Waals surface area contributed by atoms with Crippen molar-refractivity contribution < 1.29 is 0 Å². The van der Waals surface area contributed by atoms with Gasteiger partial charge in [0.1, 0.15) is 0 Å². The van der Waals surface area contributed by atoms with Crippen molar-refractivity contribution in [2.45, 2.75) is 39.3 Å². The predicted molar refractivity (Wildman–Crippen MR) is 69.7 cm³/mol. The number of nitrogens with two attached hydrogens (primary N) is 1. The normalized spacial score (nSPS) is 27.6. The van der Waals surface area contributed by atoms with Gasteiger partial charge >= 0.3 is 0 Å². The van der Waals surface area contributed by atoms with Crippen molar-refractivity contribution in [3.05, 3.63) is 17.5 Å². The van der Waals surface area contributed by atoms with Crippen LogP contribution in [0.2, 0.25) is 0 Å². The largest absolute Gasteiger partial charge is 0.329 e. The SMILES string of the molecule is Cc1nn(C)cc1C(CN)N1CC(C)CC1C. The highest BCUT2D eigenvalue weighted by Crippen LogP contribution is 2.32. The smallest absolute Gasteiger partial charge is 0.0641 e. The summed E-state index contributed by atoms with van der Waals surface area (Å²) >= 11 is 0. The molecule has 0 aliphatic carbocycles. The van der Waals surface area contributed by atoms with Gasteiger partial charge in [-0.15, -0.1) is 0 Å². The molecule has 0 bridgehead atoms. The van der Waals surface area contributed by atoms with E-state index in [1.54, 1.807) is 0 Å². The minimum atomic E-state index is 0.323. The van der Waals surface area contributed by atoms with E-state index in [-0.39, 0.29) is 0 Å². The summed E-state index contributed by atoms with van der Waals surface area (Å²) in [6, 6.07) is 0.946. The standard InChI is InChI=1S/C13H24N4/c1-9-5-10(2)17(7-9)13(6-14)12-8-16(4)15-11(12)3/h8-10,13H,5-7,14H2,1-4H3. The summed E-state index contributed by atoms with van der Waals surface area (Å²) < 4.78 is 1.89. The highest BCUT2D eigenvalue weighted by atomic mass is 15.3. The minimum Gasteiger partial charge on any atom is -0.329 e. The van der Waals surface area contributed by atoms with Crippen LogP contribution in [-0.4, -0.2) is 33.8 Å². The van der Waals surface area contributed by atoms with Crippen LogP contribution in [0.3, 0.4) is 0 Å². The third kappa shape index (κ3) is 2.38. The maximum absolute atomic E-state index is 5.99. The zero-order chi connectivity index (χ0) is 12.6. The molecule has 1 aromatic heterocycles. The molecule has 2 heterocycles. The summed E-state index contributed by atoms with van der Waals surface area (Å²) in [5, 5.41) is 4.43. The number of aryl methyl sites for hydroxylation is 2. The van der Waals surface area contributed by atoms with Gasteiger partial charge in [0, 0.05) is 37.9 Å². The van der Waals surface area contributed by atoms with Gasteiger partial charge in [-0.2, -0.15) is 5.10 Å². The van der Waals surface area contributed by atoms with E-state index in [1.165, 1.54) is 12.0 Å². The Bertz CT molecular complexity index is 385. The van der Waals surface area contributed by atoms with Crippen LogP contribution in [0.5, 0.6) is 0 Å². The van der Waals surface area contributed by atoms with Crippen molar-refractivity contribution in [1.82, 2.24) is 14.7 Å². The molecule has 0 amide bonds. The molecule has 0 aromatic carbocycles. The molecule has 17 heavy (non-hydrogen) atoms. The van der Waals surface area contributed by atoms with E-state index in [4.69, 9.17) is 5.73 Å². The van der Waals surface area contributed by atoms with E-state index < -0.39 is 0 Å². The fraction of sp³-hybridized carbons (Fsp3) is 0.769. The van der Waals surface area contributed by atoms with Crippen LogP contribution in [0.4, 0.5) is 0 Å². The fourth-order valence-corrected chi connectivity index (χ4v) is 3.15. The van der Waals surface area contributed by atoms with Gasteiger partial charge in [-0.05, 0) is 26.2 Å². The molecular weight excluding hydrogens is 212 g/mol. The van der Waals surface area contributed by atoms with Crippen molar-refractivity contribution in [3.8, 4) is 0 Å². The second kappa shape index (κ2) is 4.78. The Balaban J connectivity index is 2.24. The second-order valence-electron chi connectivity index (χ2n) is 5.48. The molecule has 96 valence electrons. The fourth-order valence-electron chi connectivity index (χ4n) is 3.15. The summed E-state index contributed by atoms with van der Waals surface area (Å²) in [6.45, 7) is 8.52. The molecule has 2 N–H and O–H groups in total. The number of nitrogens with zero attached hydrogens (tertiary/aromatic N) is 3. The van der Waals surface area contributed by atoms with Crippen LogP contribution >= 0.6 is 0 Å². The van der Waals surface area contributed by atoms with Crippen LogP contribution in [0.15, 0.2) is 6.20 Å². The molecule has 1 aromatic rings. The zero-order valence-electron chi connectivity index (χ0n) is 11.3. The number of aromatic nitrogens is 2. The van der Waals surface area contributed by atoms with Crippen LogP contribution < -0.4 is 5.73 Å². The monoisotopic (exact) mass is 236 g/mol. The first-order chi connectivity index (χ1) is 8.02. The lowest BCUT2D eigenvalue weighted by molar-refractivity contribution is 0.191. The van der Waals surface area contributed by atoms with Crippen molar-refractivity contribution in [2.24, 2.45) is 18.7 Å². The van der Waals surface area contributed by atoms with Gasteiger partial charge in [0.2, 0.25) is 0 Å². The van der Waals surface area contributed by atoms with Crippen LogP contribution in [0.1, 0.15) is 37.6 Å². The van der Waals surface area contributed by atoms with Gasteiger partial charge in [0.05, 0.1) is 11.7 Å². The van der Waals surface area contributed by atoms with E-state index in [0.717, 1.165) is 18.2 Å². The van der Waals surface area contributed by atoms with E-state index >= 15 is 0 Å². The van der Waals surface area contributed by atoms with Gasteiger partial charge in [0.15, 0.2) is 0 Å².